The maximum absolute atomic E-state index is 9.42. The Morgan fingerprint density at radius 1 is 1.45 bits per heavy atom. The molecule has 116 valence electrons. The molecular weight excluding hydrogens is 248 g/mol. The fraction of sp³-hybridized carbons (Fsp3) is 0.938. The summed E-state index contributed by atoms with van der Waals surface area (Å²) in [5.41, 5.74) is -0.320. The van der Waals surface area contributed by atoms with Crippen LogP contribution in [-0.2, 0) is 0 Å². The van der Waals surface area contributed by atoms with E-state index in [1.807, 2.05) is 0 Å². The highest BCUT2D eigenvalue weighted by Gasteiger charge is 2.27. The minimum atomic E-state index is -0.320. The second-order valence-electron chi connectivity index (χ2n) is 6.22. The van der Waals surface area contributed by atoms with Gasteiger partial charge in [0.05, 0.1) is 6.07 Å². The molecule has 0 amide bonds. The number of likely N-dealkylation sites (tertiary alicyclic amines) is 1. The van der Waals surface area contributed by atoms with E-state index in [0.29, 0.717) is 6.04 Å². The van der Waals surface area contributed by atoms with E-state index in [0.717, 1.165) is 32.4 Å². The Labute approximate surface area is 125 Å². The summed E-state index contributed by atoms with van der Waals surface area (Å²) in [6.07, 6.45) is 5.53. The first-order valence-electron chi connectivity index (χ1n) is 8.12. The van der Waals surface area contributed by atoms with Crippen LogP contribution in [0.15, 0.2) is 0 Å². The van der Waals surface area contributed by atoms with Crippen molar-refractivity contribution < 1.29 is 0 Å². The van der Waals surface area contributed by atoms with Crippen LogP contribution in [0, 0.1) is 11.3 Å². The van der Waals surface area contributed by atoms with Crippen molar-refractivity contribution in [3.8, 4) is 6.07 Å². The van der Waals surface area contributed by atoms with Gasteiger partial charge in [0.25, 0.3) is 0 Å². The lowest BCUT2D eigenvalue weighted by molar-refractivity contribution is 0.131. The standard InChI is InChI=1S/C16H32N4/c1-5-16(14-17,18-6-2)10-8-12-20(4)15-9-7-11-19(3)13-15/h15,18H,5-13H2,1-4H3. The first-order chi connectivity index (χ1) is 9.56. The maximum atomic E-state index is 9.42. The molecule has 1 heterocycles. The number of nitrogens with one attached hydrogen (secondary N) is 1. The van der Waals surface area contributed by atoms with Crippen LogP contribution in [0.25, 0.3) is 0 Å². The average Bonchev–Trinajstić information content (AvgIpc) is 2.46. The fourth-order valence-corrected chi connectivity index (χ4v) is 3.21. The summed E-state index contributed by atoms with van der Waals surface area (Å²) in [5.74, 6) is 0. The van der Waals surface area contributed by atoms with Gasteiger partial charge < -0.3 is 9.80 Å². The Hall–Kier alpha value is -0.630. The van der Waals surface area contributed by atoms with Crippen LogP contribution >= 0.6 is 0 Å². The zero-order chi connectivity index (χ0) is 15.0. The molecule has 0 aromatic heterocycles. The maximum Gasteiger partial charge on any atom is 0.106 e. The molecule has 2 unspecified atom stereocenters. The topological polar surface area (TPSA) is 42.3 Å². The van der Waals surface area contributed by atoms with E-state index in [1.54, 1.807) is 0 Å². The number of rotatable bonds is 8. The quantitative estimate of drug-likeness (QED) is 0.739. The van der Waals surface area contributed by atoms with Gasteiger partial charge in [-0.05, 0) is 65.8 Å². The van der Waals surface area contributed by atoms with Gasteiger partial charge in [-0.25, -0.2) is 0 Å². The Morgan fingerprint density at radius 2 is 2.20 bits per heavy atom. The van der Waals surface area contributed by atoms with Gasteiger partial charge in [0.1, 0.15) is 5.54 Å². The van der Waals surface area contributed by atoms with E-state index >= 15 is 0 Å². The van der Waals surface area contributed by atoms with Gasteiger partial charge in [-0.15, -0.1) is 0 Å². The Kier molecular flexibility index (Phi) is 7.50. The number of piperidine rings is 1. The smallest absolute Gasteiger partial charge is 0.106 e. The van der Waals surface area contributed by atoms with Gasteiger partial charge in [0, 0.05) is 12.6 Å². The van der Waals surface area contributed by atoms with E-state index in [4.69, 9.17) is 0 Å². The van der Waals surface area contributed by atoms with Crippen LogP contribution in [0.5, 0.6) is 0 Å². The molecule has 0 aromatic rings. The SMILES string of the molecule is CCNC(C#N)(CC)CCCN(C)C1CCCN(C)C1. The van der Waals surface area contributed by atoms with Crippen LogP contribution in [0.2, 0.25) is 0 Å². The molecular formula is C16H32N4. The zero-order valence-corrected chi connectivity index (χ0v) is 13.8. The van der Waals surface area contributed by atoms with Gasteiger partial charge >= 0.3 is 0 Å². The Balaban J connectivity index is 2.36. The number of hydrogen-bond acceptors (Lipinski definition) is 4. The number of likely N-dealkylation sites (N-methyl/N-ethyl adjacent to an activating group) is 2. The van der Waals surface area contributed by atoms with E-state index in [-0.39, 0.29) is 5.54 Å². The van der Waals surface area contributed by atoms with Crippen molar-refractivity contribution in [2.24, 2.45) is 0 Å². The number of nitrogens with zero attached hydrogens (tertiary/aromatic N) is 3. The number of nitriles is 1. The van der Waals surface area contributed by atoms with E-state index in [1.165, 1.54) is 25.9 Å². The lowest BCUT2D eigenvalue weighted by Gasteiger charge is -2.36. The molecule has 1 rings (SSSR count). The summed E-state index contributed by atoms with van der Waals surface area (Å²) >= 11 is 0. The third-order valence-corrected chi connectivity index (χ3v) is 4.67. The predicted molar refractivity (Wildman–Crippen MR) is 84.7 cm³/mol. The molecule has 1 fully saturated rings. The molecule has 0 aliphatic carbocycles. The van der Waals surface area contributed by atoms with E-state index < -0.39 is 0 Å². The van der Waals surface area contributed by atoms with Crippen LogP contribution < -0.4 is 5.32 Å². The van der Waals surface area contributed by atoms with Crippen LogP contribution in [-0.4, -0.2) is 61.7 Å². The molecule has 0 spiro atoms. The normalized spacial score (nSPS) is 23.5. The van der Waals surface area contributed by atoms with E-state index in [2.05, 4.69) is 49.1 Å². The number of hydrogen-bond donors (Lipinski definition) is 1. The summed E-state index contributed by atoms with van der Waals surface area (Å²) in [6.45, 7) is 8.55. The first kappa shape index (κ1) is 17.4. The van der Waals surface area contributed by atoms with E-state index in [9.17, 15) is 5.26 Å². The highest BCUT2D eigenvalue weighted by molar-refractivity contribution is 5.06. The molecule has 1 N–H and O–H groups in total. The molecule has 1 aliphatic rings. The summed E-state index contributed by atoms with van der Waals surface area (Å²) in [7, 11) is 4.44. The van der Waals surface area contributed by atoms with Crippen molar-refractivity contribution >= 4 is 0 Å². The minimum absolute atomic E-state index is 0.320. The third-order valence-electron chi connectivity index (χ3n) is 4.67. The monoisotopic (exact) mass is 280 g/mol. The lowest BCUT2D eigenvalue weighted by atomic mass is 9.91. The average molecular weight is 280 g/mol. The molecule has 4 nitrogen and oxygen atoms in total. The molecule has 0 radical (unpaired) electrons. The second-order valence-corrected chi connectivity index (χ2v) is 6.22. The predicted octanol–water partition coefficient (Wildman–Crippen LogP) is 2.07. The first-order valence-corrected chi connectivity index (χ1v) is 8.12. The minimum Gasteiger partial charge on any atom is -0.305 e. The molecule has 2 atom stereocenters. The summed E-state index contributed by atoms with van der Waals surface area (Å²) in [4.78, 5) is 4.91. The Bertz CT molecular complexity index is 312. The molecule has 0 saturated carbocycles. The second kappa shape index (κ2) is 8.61. The van der Waals surface area contributed by atoms with Crippen molar-refractivity contribution in [3.63, 3.8) is 0 Å². The van der Waals surface area contributed by atoms with Gasteiger partial charge in [-0.3, -0.25) is 5.32 Å². The molecule has 0 aromatic carbocycles. The van der Waals surface area contributed by atoms with Gasteiger partial charge in [-0.1, -0.05) is 13.8 Å². The summed E-state index contributed by atoms with van der Waals surface area (Å²) in [6, 6.07) is 3.17. The van der Waals surface area contributed by atoms with Gasteiger partial charge in [0.2, 0.25) is 0 Å². The fourth-order valence-electron chi connectivity index (χ4n) is 3.21. The molecule has 4 heteroatoms. The highest BCUT2D eigenvalue weighted by Crippen LogP contribution is 2.18. The largest absolute Gasteiger partial charge is 0.305 e. The molecule has 0 bridgehead atoms. The molecule has 20 heavy (non-hydrogen) atoms. The van der Waals surface area contributed by atoms with Crippen molar-refractivity contribution in [1.82, 2.24) is 15.1 Å². The third kappa shape index (κ3) is 5.05. The Morgan fingerprint density at radius 3 is 2.75 bits per heavy atom. The molecule has 1 aliphatic heterocycles. The van der Waals surface area contributed by atoms with Crippen molar-refractivity contribution in [2.45, 2.75) is 57.5 Å². The van der Waals surface area contributed by atoms with Gasteiger partial charge in [0.15, 0.2) is 0 Å². The van der Waals surface area contributed by atoms with Crippen LogP contribution in [0.4, 0.5) is 0 Å². The van der Waals surface area contributed by atoms with Crippen LogP contribution in [0.1, 0.15) is 46.0 Å². The lowest BCUT2D eigenvalue weighted by Crippen LogP contribution is -2.46. The van der Waals surface area contributed by atoms with Crippen molar-refractivity contribution in [3.05, 3.63) is 0 Å². The molecule has 1 saturated heterocycles. The summed E-state index contributed by atoms with van der Waals surface area (Å²) < 4.78 is 0. The summed E-state index contributed by atoms with van der Waals surface area (Å²) in [5, 5.41) is 12.8. The highest BCUT2D eigenvalue weighted by atomic mass is 15.2. The van der Waals surface area contributed by atoms with Crippen molar-refractivity contribution in [2.75, 3.05) is 40.3 Å². The van der Waals surface area contributed by atoms with Gasteiger partial charge in [-0.2, -0.15) is 5.26 Å². The van der Waals surface area contributed by atoms with Crippen molar-refractivity contribution in [1.29, 1.82) is 5.26 Å². The van der Waals surface area contributed by atoms with Crippen LogP contribution in [0.3, 0.4) is 0 Å². The zero-order valence-electron chi connectivity index (χ0n) is 13.8.